The Morgan fingerprint density at radius 1 is 1.09 bits per heavy atom. The number of nitrogens with zero attached hydrogens (tertiary/aromatic N) is 2. The van der Waals surface area contributed by atoms with E-state index >= 15 is 0 Å². The Morgan fingerprint density at radius 2 is 1.82 bits per heavy atom. The first-order valence-electron chi connectivity index (χ1n) is 6.35. The fourth-order valence-corrected chi connectivity index (χ4v) is 1.91. The lowest BCUT2D eigenvalue weighted by Gasteiger charge is -2.04. The number of aromatic nitrogens is 2. The van der Waals surface area contributed by atoms with E-state index in [1.54, 1.807) is 36.4 Å². The Labute approximate surface area is 130 Å². The Kier molecular flexibility index (Phi) is 4.02. The van der Waals surface area contributed by atoms with Crippen LogP contribution in [0.4, 0.5) is 10.5 Å². The van der Waals surface area contributed by atoms with Gasteiger partial charge in [-0.3, -0.25) is 5.32 Å². The van der Waals surface area contributed by atoms with Crippen LogP contribution in [0.15, 0.2) is 59.1 Å². The van der Waals surface area contributed by atoms with Crippen molar-refractivity contribution in [2.24, 2.45) is 0 Å². The van der Waals surface area contributed by atoms with E-state index in [0.717, 1.165) is 5.56 Å². The van der Waals surface area contributed by atoms with Crippen molar-refractivity contribution in [1.82, 2.24) is 10.1 Å². The molecule has 3 aromatic rings. The molecule has 0 fully saturated rings. The van der Waals surface area contributed by atoms with Gasteiger partial charge in [0, 0.05) is 5.56 Å². The first-order chi connectivity index (χ1) is 10.7. The van der Waals surface area contributed by atoms with Crippen molar-refractivity contribution in [1.29, 1.82) is 0 Å². The molecule has 110 valence electrons. The Morgan fingerprint density at radius 3 is 2.59 bits per heavy atom. The number of ether oxygens (including phenoxy) is 1. The molecule has 0 saturated heterocycles. The molecule has 0 aliphatic heterocycles. The van der Waals surface area contributed by atoms with Crippen molar-refractivity contribution in [2.75, 3.05) is 5.32 Å². The molecule has 2 aromatic carbocycles. The Hall–Kier alpha value is -2.86. The molecule has 6 nitrogen and oxygen atoms in total. The van der Waals surface area contributed by atoms with Gasteiger partial charge in [-0.25, -0.2) is 4.79 Å². The van der Waals surface area contributed by atoms with Crippen LogP contribution in [0.2, 0.25) is 5.02 Å². The number of para-hydroxylation sites is 1. The van der Waals surface area contributed by atoms with Crippen LogP contribution in [0.25, 0.3) is 11.5 Å². The van der Waals surface area contributed by atoms with Crippen LogP contribution in [-0.4, -0.2) is 16.2 Å². The number of benzene rings is 2. The maximum atomic E-state index is 11.8. The molecule has 1 N–H and O–H groups in total. The highest BCUT2D eigenvalue weighted by Crippen LogP contribution is 2.22. The van der Waals surface area contributed by atoms with Crippen molar-refractivity contribution in [3.05, 3.63) is 59.6 Å². The summed E-state index contributed by atoms with van der Waals surface area (Å²) >= 11 is 5.94. The van der Waals surface area contributed by atoms with Gasteiger partial charge in [0.25, 0.3) is 5.89 Å². The molecule has 1 heterocycles. The van der Waals surface area contributed by atoms with Crippen LogP contribution in [-0.2, 0) is 0 Å². The van der Waals surface area contributed by atoms with E-state index in [0.29, 0.717) is 10.7 Å². The predicted molar refractivity (Wildman–Crippen MR) is 80.8 cm³/mol. The summed E-state index contributed by atoms with van der Waals surface area (Å²) in [5.74, 6) is 0.265. The van der Waals surface area contributed by atoms with E-state index in [9.17, 15) is 4.79 Å². The average molecular weight is 316 g/mol. The minimum absolute atomic E-state index is 0.177. The number of halogens is 1. The molecular weight excluding hydrogens is 306 g/mol. The normalized spacial score (nSPS) is 10.2. The van der Waals surface area contributed by atoms with Crippen molar-refractivity contribution in [3.8, 4) is 17.5 Å². The number of rotatable bonds is 3. The number of nitrogens with one attached hydrogen (secondary N) is 1. The van der Waals surface area contributed by atoms with Crippen molar-refractivity contribution in [2.45, 2.75) is 0 Å². The molecule has 0 aliphatic carbocycles. The van der Waals surface area contributed by atoms with E-state index < -0.39 is 6.09 Å². The maximum absolute atomic E-state index is 11.8. The topological polar surface area (TPSA) is 77.2 Å². The quantitative estimate of drug-likeness (QED) is 0.790. The summed E-state index contributed by atoms with van der Waals surface area (Å²) in [5, 5.41) is 6.49. The zero-order valence-corrected chi connectivity index (χ0v) is 11.9. The third-order valence-corrected chi connectivity index (χ3v) is 3.05. The molecule has 0 unspecified atom stereocenters. The third kappa shape index (κ3) is 3.24. The Bertz CT molecular complexity index is 789. The molecule has 3 rings (SSSR count). The monoisotopic (exact) mass is 315 g/mol. The van der Waals surface area contributed by atoms with E-state index in [2.05, 4.69) is 15.5 Å². The standard InChI is InChI=1S/C15H10ClN3O3/c16-11-8-4-5-9-12(11)17-15(20)21-14-18-13(22-19-14)10-6-2-1-3-7-10/h1-9H,(H,17,20). The summed E-state index contributed by atoms with van der Waals surface area (Å²) in [4.78, 5) is 15.8. The molecule has 0 spiro atoms. The second-order valence-corrected chi connectivity index (χ2v) is 4.65. The highest BCUT2D eigenvalue weighted by Gasteiger charge is 2.14. The highest BCUT2D eigenvalue weighted by molar-refractivity contribution is 6.33. The largest absolute Gasteiger partial charge is 0.419 e. The third-order valence-electron chi connectivity index (χ3n) is 2.72. The molecule has 0 atom stereocenters. The minimum atomic E-state index is -0.756. The van der Waals surface area contributed by atoms with Crippen LogP contribution in [0, 0.1) is 0 Å². The molecule has 22 heavy (non-hydrogen) atoms. The van der Waals surface area contributed by atoms with Gasteiger partial charge in [0.05, 0.1) is 10.7 Å². The number of amides is 1. The van der Waals surface area contributed by atoms with Gasteiger partial charge in [-0.1, -0.05) is 41.9 Å². The molecule has 7 heteroatoms. The summed E-state index contributed by atoms with van der Waals surface area (Å²) in [6.45, 7) is 0. The Balaban J connectivity index is 1.68. The van der Waals surface area contributed by atoms with Gasteiger partial charge in [0.15, 0.2) is 0 Å². The van der Waals surface area contributed by atoms with Gasteiger partial charge in [-0.05, 0) is 29.4 Å². The molecule has 0 bridgehead atoms. The smallest absolute Gasteiger partial charge is 0.372 e. The first-order valence-corrected chi connectivity index (χ1v) is 6.72. The number of carbonyl (C=O) groups is 1. The van der Waals surface area contributed by atoms with Crippen molar-refractivity contribution < 1.29 is 14.1 Å². The van der Waals surface area contributed by atoms with E-state index in [-0.39, 0.29) is 11.9 Å². The lowest BCUT2D eigenvalue weighted by molar-refractivity contribution is 0.209. The lowest BCUT2D eigenvalue weighted by atomic mass is 10.2. The van der Waals surface area contributed by atoms with Crippen LogP contribution < -0.4 is 10.1 Å². The maximum Gasteiger partial charge on any atom is 0.419 e. The summed E-state index contributed by atoms with van der Waals surface area (Å²) in [5.41, 5.74) is 1.16. The average Bonchev–Trinajstić information content (AvgIpc) is 2.99. The van der Waals surface area contributed by atoms with Gasteiger partial charge < -0.3 is 9.26 Å². The lowest BCUT2D eigenvalue weighted by Crippen LogP contribution is -2.17. The summed E-state index contributed by atoms with van der Waals surface area (Å²) < 4.78 is 9.98. The first kappa shape index (κ1) is 14.1. The highest BCUT2D eigenvalue weighted by atomic mass is 35.5. The summed E-state index contributed by atoms with van der Waals surface area (Å²) in [6.07, 6.45) is -0.756. The molecule has 0 aliphatic rings. The second kappa shape index (κ2) is 6.28. The molecule has 1 aromatic heterocycles. The van der Waals surface area contributed by atoms with Crippen LogP contribution in [0.3, 0.4) is 0 Å². The second-order valence-electron chi connectivity index (χ2n) is 4.24. The molecule has 0 radical (unpaired) electrons. The van der Waals surface area contributed by atoms with E-state index in [4.69, 9.17) is 20.9 Å². The van der Waals surface area contributed by atoms with Crippen LogP contribution in [0.5, 0.6) is 6.01 Å². The van der Waals surface area contributed by atoms with Gasteiger partial charge in [-0.15, -0.1) is 0 Å². The van der Waals surface area contributed by atoms with Crippen LogP contribution in [0.1, 0.15) is 0 Å². The zero-order valence-electron chi connectivity index (χ0n) is 11.2. The molecule has 1 amide bonds. The summed E-state index contributed by atoms with van der Waals surface area (Å²) in [6, 6.07) is 15.8. The number of hydrogen-bond donors (Lipinski definition) is 1. The van der Waals surface area contributed by atoms with Gasteiger partial charge in [0.2, 0.25) is 0 Å². The van der Waals surface area contributed by atoms with Crippen molar-refractivity contribution in [3.63, 3.8) is 0 Å². The van der Waals surface area contributed by atoms with Gasteiger partial charge in [0.1, 0.15) is 0 Å². The van der Waals surface area contributed by atoms with Gasteiger partial charge in [-0.2, -0.15) is 4.98 Å². The fourth-order valence-electron chi connectivity index (χ4n) is 1.73. The zero-order chi connectivity index (χ0) is 15.4. The fraction of sp³-hybridized carbons (Fsp3) is 0. The predicted octanol–water partition coefficient (Wildman–Crippen LogP) is 4.00. The van der Waals surface area contributed by atoms with E-state index in [1.165, 1.54) is 0 Å². The van der Waals surface area contributed by atoms with Crippen molar-refractivity contribution >= 4 is 23.4 Å². The molecule has 0 saturated carbocycles. The number of carbonyl (C=O) groups excluding carboxylic acids is 1. The van der Waals surface area contributed by atoms with E-state index in [1.807, 2.05) is 18.2 Å². The SMILES string of the molecule is O=C(Nc1ccccc1Cl)Oc1noc(-c2ccccc2)n1. The minimum Gasteiger partial charge on any atom is -0.372 e. The summed E-state index contributed by atoms with van der Waals surface area (Å²) in [7, 11) is 0. The number of anilines is 1. The van der Waals surface area contributed by atoms with Gasteiger partial charge >= 0.3 is 12.1 Å². The molecular formula is C15H10ClN3O3. The number of hydrogen-bond acceptors (Lipinski definition) is 5. The van der Waals surface area contributed by atoms with Crippen LogP contribution >= 0.6 is 11.6 Å².